The fraction of sp³-hybridized carbons (Fsp3) is 0.500. The molecule has 0 radical (unpaired) electrons. The Morgan fingerprint density at radius 3 is 2.14 bits per heavy atom. The summed E-state index contributed by atoms with van der Waals surface area (Å²) in [5.41, 5.74) is 12.2. The number of anilines is 1. The summed E-state index contributed by atoms with van der Waals surface area (Å²) in [6.07, 6.45) is 3.47. The van der Waals surface area contributed by atoms with Gasteiger partial charge in [-0.15, -0.1) is 0 Å². The number of nitrogens with two attached hydrogens (primary N) is 1. The number of allylic oxidation sites excluding steroid dienone is 1. The van der Waals surface area contributed by atoms with Gasteiger partial charge in [-0.1, -0.05) is 54.0 Å². The molecular formula is C24H39N3O2. The highest BCUT2D eigenvalue weighted by Crippen LogP contribution is 2.34. The highest BCUT2D eigenvalue weighted by molar-refractivity contribution is 5.76. The molecule has 5 nitrogen and oxygen atoms in total. The lowest BCUT2D eigenvalue weighted by molar-refractivity contribution is 0.397. The summed E-state index contributed by atoms with van der Waals surface area (Å²) < 4.78 is 5.52. The molecule has 0 aromatic carbocycles. The molecule has 2 heterocycles. The van der Waals surface area contributed by atoms with Crippen molar-refractivity contribution in [2.24, 2.45) is 0 Å². The van der Waals surface area contributed by atoms with Crippen molar-refractivity contribution in [3.05, 3.63) is 41.7 Å². The molecule has 29 heavy (non-hydrogen) atoms. The van der Waals surface area contributed by atoms with Crippen LogP contribution in [-0.4, -0.2) is 29.3 Å². The van der Waals surface area contributed by atoms with E-state index >= 15 is 0 Å². The molecule has 0 unspecified atom stereocenters. The van der Waals surface area contributed by atoms with E-state index in [1.807, 2.05) is 25.1 Å². The number of nitrogens with zero attached hydrogens (tertiary/aromatic N) is 2. The summed E-state index contributed by atoms with van der Waals surface area (Å²) in [4.78, 5) is 9.37. The molecule has 0 fully saturated rings. The zero-order valence-electron chi connectivity index (χ0n) is 19.5. The smallest absolute Gasteiger partial charge is 0.222 e. The number of nitrogen functional groups attached to an aromatic ring is 1. The van der Waals surface area contributed by atoms with Gasteiger partial charge in [-0.25, -0.2) is 9.97 Å². The van der Waals surface area contributed by atoms with Crippen LogP contribution in [0.1, 0.15) is 77.3 Å². The summed E-state index contributed by atoms with van der Waals surface area (Å²) in [5, 5.41) is 7.00. The summed E-state index contributed by atoms with van der Waals surface area (Å²) in [6.45, 7) is 16.5. The molecule has 0 atom stereocenters. The molecule has 0 saturated carbocycles. The van der Waals surface area contributed by atoms with Gasteiger partial charge in [-0.05, 0) is 48.6 Å². The van der Waals surface area contributed by atoms with Gasteiger partial charge in [-0.2, -0.15) is 0 Å². The first-order valence-corrected chi connectivity index (χ1v) is 10.3. The fourth-order valence-electron chi connectivity index (χ4n) is 2.53. The molecule has 0 aliphatic rings. The van der Waals surface area contributed by atoms with Gasteiger partial charge < -0.3 is 15.6 Å². The second-order valence-electron chi connectivity index (χ2n) is 7.02. The summed E-state index contributed by atoms with van der Waals surface area (Å²) in [5.74, 6) is 0.935. The third-order valence-electron chi connectivity index (χ3n) is 4.34. The number of hydrogen-bond donors (Lipinski definition) is 2. The van der Waals surface area contributed by atoms with E-state index in [1.165, 1.54) is 12.8 Å². The van der Waals surface area contributed by atoms with Crippen molar-refractivity contribution in [1.29, 1.82) is 0 Å². The van der Waals surface area contributed by atoms with Gasteiger partial charge in [0, 0.05) is 12.8 Å². The molecule has 0 aliphatic carbocycles. The maximum atomic E-state index is 7.00. The molecule has 0 aliphatic heterocycles. The molecule has 5 heteroatoms. The van der Waals surface area contributed by atoms with Crippen LogP contribution in [0.4, 0.5) is 5.69 Å². The van der Waals surface area contributed by atoms with Crippen molar-refractivity contribution in [2.45, 2.75) is 66.7 Å². The largest absolute Gasteiger partial charge is 0.480 e. The normalized spacial score (nSPS) is 9.86. The van der Waals surface area contributed by atoms with E-state index in [4.69, 9.17) is 20.6 Å². The van der Waals surface area contributed by atoms with Crippen LogP contribution >= 0.6 is 0 Å². The van der Waals surface area contributed by atoms with Crippen molar-refractivity contribution in [3.8, 4) is 17.1 Å². The number of rotatable bonds is 6. The number of aromatic nitrogens is 2. The van der Waals surface area contributed by atoms with E-state index in [-0.39, 0.29) is 0 Å². The van der Waals surface area contributed by atoms with Crippen molar-refractivity contribution in [3.63, 3.8) is 0 Å². The molecule has 162 valence electrons. The van der Waals surface area contributed by atoms with Crippen molar-refractivity contribution in [2.75, 3.05) is 20.0 Å². The Labute approximate surface area is 177 Å². The molecule has 3 N–H and O–H groups in total. The number of pyridine rings is 2. The average Bonchev–Trinajstić information content (AvgIpc) is 2.74. The summed E-state index contributed by atoms with van der Waals surface area (Å²) in [7, 11) is 2.64. The molecule has 2 aromatic heterocycles. The minimum absolute atomic E-state index is 0.342. The quantitative estimate of drug-likeness (QED) is 0.633. The Kier molecular flexibility index (Phi) is 12.6. The zero-order chi connectivity index (χ0) is 22.6. The number of methoxy groups -OCH3 is 1. The highest BCUT2D eigenvalue weighted by Gasteiger charge is 2.17. The second-order valence-corrected chi connectivity index (χ2v) is 7.02. The van der Waals surface area contributed by atoms with Crippen LogP contribution in [0.25, 0.3) is 16.8 Å². The van der Waals surface area contributed by atoms with Crippen LogP contribution in [0.5, 0.6) is 5.88 Å². The van der Waals surface area contributed by atoms with E-state index in [0.717, 1.165) is 47.3 Å². The zero-order valence-corrected chi connectivity index (χ0v) is 19.5. The second kappa shape index (κ2) is 13.7. The van der Waals surface area contributed by atoms with Crippen LogP contribution in [-0.2, 0) is 6.42 Å². The Bertz CT molecular complexity index is 769. The predicted octanol–water partition coefficient (Wildman–Crippen LogP) is 5.87. The lowest BCUT2D eigenvalue weighted by Gasteiger charge is -2.16. The highest BCUT2D eigenvalue weighted by atomic mass is 16.5. The minimum Gasteiger partial charge on any atom is -0.480 e. The number of unbranched alkanes of at least 4 members (excludes halogenated alkanes) is 1. The minimum atomic E-state index is 0.342. The molecule has 2 aromatic rings. The van der Waals surface area contributed by atoms with E-state index in [2.05, 4.69) is 46.2 Å². The lowest BCUT2D eigenvalue weighted by Crippen LogP contribution is -2.04. The average molecular weight is 402 g/mol. The Balaban J connectivity index is 0.00000116. The van der Waals surface area contributed by atoms with Crippen LogP contribution in [0.3, 0.4) is 0 Å². The molecular weight excluding hydrogens is 362 g/mol. The molecule has 0 bridgehead atoms. The molecule has 0 saturated heterocycles. The van der Waals surface area contributed by atoms with E-state index in [9.17, 15) is 0 Å². The Morgan fingerprint density at radius 1 is 1.14 bits per heavy atom. The molecule has 0 amide bonds. The van der Waals surface area contributed by atoms with Gasteiger partial charge in [0.25, 0.3) is 0 Å². The monoisotopic (exact) mass is 401 g/mol. The Hall–Kier alpha value is -2.40. The number of aliphatic hydroxyl groups excluding tert-OH is 1. The molecule has 0 spiro atoms. The van der Waals surface area contributed by atoms with Gasteiger partial charge in [0.15, 0.2) is 0 Å². The van der Waals surface area contributed by atoms with Crippen molar-refractivity contribution >= 4 is 11.3 Å². The van der Waals surface area contributed by atoms with Gasteiger partial charge in [0.1, 0.15) is 0 Å². The van der Waals surface area contributed by atoms with Crippen molar-refractivity contribution in [1.82, 2.24) is 9.97 Å². The van der Waals surface area contributed by atoms with E-state index in [1.54, 1.807) is 7.11 Å². The molecule has 2 rings (SSSR count). The standard InChI is InChI=1S/C19H25N3O.C4H10.CH4O/c1-7-13-10-15(20)17(12(4)5)22-18(13)14-8-9-16(11(2)3)21-19(14)23-6;1-3-4-2;1-2/h8-11H,4,7,20H2,1-3,5-6H3;3-4H2,1-2H3;2H,1H3. The van der Waals surface area contributed by atoms with Crippen LogP contribution in [0.15, 0.2) is 24.8 Å². The maximum absolute atomic E-state index is 7.00. The van der Waals surface area contributed by atoms with Crippen LogP contribution in [0, 0.1) is 0 Å². The first kappa shape index (κ1) is 26.6. The number of hydrogen-bond acceptors (Lipinski definition) is 5. The topological polar surface area (TPSA) is 81.3 Å². The number of aryl methyl sites for hydroxylation is 1. The first-order chi connectivity index (χ1) is 13.8. The summed E-state index contributed by atoms with van der Waals surface area (Å²) in [6, 6.07) is 6.03. The van der Waals surface area contributed by atoms with Gasteiger partial charge in [-0.3, -0.25) is 0 Å². The number of ether oxygens (including phenoxy) is 1. The lowest BCUT2D eigenvalue weighted by atomic mass is 10.0. The fourth-order valence-corrected chi connectivity index (χ4v) is 2.53. The van der Waals surface area contributed by atoms with E-state index in [0.29, 0.717) is 17.5 Å². The third kappa shape index (κ3) is 7.50. The Morgan fingerprint density at radius 2 is 1.72 bits per heavy atom. The van der Waals surface area contributed by atoms with Gasteiger partial charge in [0.05, 0.1) is 29.7 Å². The van der Waals surface area contributed by atoms with Crippen molar-refractivity contribution < 1.29 is 9.84 Å². The predicted molar refractivity (Wildman–Crippen MR) is 125 cm³/mol. The SMILES string of the molecule is C=C(C)c1nc(-c2ccc(C(C)C)nc2OC)c(CC)cc1N.CCCC.CO. The van der Waals surface area contributed by atoms with Gasteiger partial charge in [0.2, 0.25) is 5.88 Å². The third-order valence-corrected chi connectivity index (χ3v) is 4.34. The van der Waals surface area contributed by atoms with E-state index < -0.39 is 0 Å². The number of aliphatic hydroxyl groups is 1. The van der Waals surface area contributed by atoms with Crippen LogP contribution < -0.4 is 10.5 Å². The summed E-state index contributed by atoms with van der Waals surface area (Å²) >= 11 is 0. The van der Waals surface area contributed by atoms with Gasteiger partial charge >= 0.3 is 0 Å². The first-order valence-electron chi connectivity index (χ1n) is 10.3. The van der Waals surface area contributed by atoms with Crippen LogP contribution in [0.2, 0.25) is 0 Å². The maximum Gasteiger partial charge on any atom is 0.222 e.